The van der Waals surface area contributed by atoms with E-state index in [0.717, 1.165) is 13.0 Å². The molecule has 1 saturated heterocycles. The summed E-state index contributed by atoms with van der Waals surface area (Å²) in [7, 11) is 0. The molecule has 0 aliphatic carbocycles. The van der Waals surface area contributed by atoms with Crippen LogP contribution in [0.5, 0.6) is 0 Å². The fourth-order valence-electron chi connectivity index (χ4n) is 3.39. The number of rotatable bonds is 4. The zero-order valence-corrected chi connectivity index (χ0v) is 15.7. The van der Waals surface area contributed by atoms with Crippen LogP contribution in [0, 0.1) is 11.6 Å². The second-order valence-corrected chi connectivity index (χ2v) is 6.95. The van der Waals surface area contributed by atoms with Crippen molar-refractivity contribution in [1.29, 1.82) is 0 Å². The molecule has 3 aromatic rings. The molecule has 1 amide bonds. The summed E-state index contributed by atoms with van der Waals surface area (Å²) < 4.78 is 32.1. The van der Waals surface area contributed by atoms with Crippen LogP contribution in [0.4, 0.5) is 8.78 Å². The molecule has 8 heteroatoms. The lowest BCUT2D eigenvalue weighted by atomic mass is 10.2. The van der Waals surface area contributed by atoms with E-state index in [4.69, 9.17) is 4.52 Å². The lowest BCUT2D eigenvalue weighted by molar-refractivity contribution is 0.0760. The Labute approximate surface area is 166 Å². The quantitative estimate of drug-likeness (QED) is 0.674. The first-order valence-corrected chi connectivity index (χ1v) is 9.44. The van der Waals surface area contributed by atoms with Crippen molar-refractivity contribution >= 4 is 5.91 Å². The van der Waals surface area contributed by atoms with Crippen molar-refractivity contribution in [1.82, 2.24) is 19.9 Å². The molecule has 150 valence electrons. The summed E-state index contributed by atoms with van der Waals surface area (Å²) in [6.07, 6.45) is 0.784. The molecule has 1 aliphatic rings. The molecular weight excluding hydrogens is 378 g/mol. The van der Waals surface area contributed by atoms with Crippen LogP contribution in [0.2, 0.25) is 0 Å². The maximum Gasteiger partial charge on any atom is 0.254 e. The molecule has 1 aliphatic heterocycles. The second-order valence-electron chi connectivity index (χ2n) is 6.95. The molecule has 29 heavy (non-hydrogen) atoms. The number of benzene rings is 2. The number of carbonyl (C=O) groups excluding carboxylic acids is 1. The van der Waals surface area contributed by atoms with Crippen LogP contribution in [-0.2, 0) is 6.54 Å². The van der Waals surface area contributed by atoms with Gasteiger partial charge in [0.1, 0.15) is 11.6 Å². The fraction of sp³-hybridized carbons (Fsp3) is 0.286. The van der Waals surface area contributed by atoms with Crippen LogP contribution >= 0.6 is 0 Å². The Morgan fingerprint density at radius 2 is 1.79 bits per heavy atom. The molecule has 0 unspecified atom stereocenters. The molecule has 1 fully saturated rings. The summed E-state index contributed by atoms with van der Waals surface area (Å²) >= 11 is 0. The average Bonchev–Trinajstić information content (AvgIpc) is 3.06. The molecule has 2 aromatic carbocycles. The van der Waals surface area contributed by atoms with Crippen molar-refractivity contribution in [2.75, 3.05) is 26.2 Å². The van der Waals surface area contributed by atoms with Crippen LogP contribution in [0.3, 0.4) is 0 Å². The van der Waals surface area contributed by atoms with Crippen LogP contribution < -0.4 is 0 Å². The number of carbonyl (C=O) groups is 1. The van der Waals surface area contributed by atoms with Gasteiger partial charge in [0, 0.05) is 37.3 Å². The van der Waals surface area contributed by atoms with E-state index in [9.17, 15) is 13.6 Å². The number of aromatic nitrogens is 2. The van der Waals surface area contributed by atoms with Gasteiger partial charge in [-0.3, -0.25) is 9.69 Å². The molecule has 0 atom stereocenters. The average molecular weight is 398 g/mol. The van der Waals surface area contributed by atoms with Crippen molar-refractivity contribution in [2.45, 2.75) is 13.0 Å². The summed E-state index contributed by atoms with van der Waals surface area (Å²) in [6, 6.07) is 11.8. The van der Waals surface area contributed by atoms with Gasteiger partial charge in [-0.25, -0.2) is 8.78 Å². The fourth-order valence-corrected chi connectivity index (χ4v) is 3.39. The van der Waals surface area contributed by atoms with Gasteiger partial charge >= 0.3 is 0 Å². The van der Waals surface area contributed by atoms with Crippen molar-refractivity contribution in [2.24, 2.45) is 0 Å². The topological polar surface area (TPSA) is 62.5 Å². The molecule has 6 nitrogen and oxygen atoms in total. The maximum atomic E-state index is 13.4. The number of hydrogen-bond donors (Lipinski definition) is 0. The molecule has 0 N–H and O–H groups in total. The first-order chi connectivity index (χ1) is 14.1. The van der Waals surface area contributed by atoms with E-state index < -0.39 is 5.82 Å². The minimum atomic E-state index is -0.419. The van der Waals surface area contributed by atoms with E-state index >= 15 is 0 Å². The molecule has 0 bridgehead atoms. The molecule has 2 heterocycles. The maximum absolute atomic E-state index is 13.4. The third-order valence-electron chi connectivity index (χ3n) is 4.86. The summed E-state index contributed by atoms with van der Waals surface area (Å²) in [5.74, 6) is -0.161. The highest BCUT2D eigenvalue weighted by Crippen LogP contribution is 2.18. The number of amides is 1. The normalized spacial score (nSPS) is 15.3. The van der Waals surface area contributed by atoms with Crippen molar-refractivity contribution in [3.63, 3.8) is 0 Å². The van der Waals surface area contributed by atoms with E-state index in [2.05, 4.69) is 15.0 Å². The van der Waals surface area contributed by atoms with E-state index in [0.29, 0.717) is 49.0 Å². The highest BCUT2D eigenvalue weighted by Gasteiger charge is 2.22. The summed E-state index contributed by atoms with van der Waals surface area (Å²) in [5.41, 5.74) is 0.915. The summed E-state index contributed by atoms with van der Waals surface area (Å²) in [6.45, 7) is 2.98. The van der Waals surface area contributed by atoms with Gasteiger partial charge in [-0.15, -0.1) is 0 Å². The molecule has 1 aromatic heterocycles. The lowest BCUT2D eigenvalue weighted by Gasteiger charge is -2.21. The minimum absolute atomic E-state index is 0.169. The van der Waals surface area contributed by atoms with E-state index in [1.165, 1.54) is 24.3 Å². The van der Waals surface area contributed by atoms with Crippen LogP contribution in [0.25, 0.3) is 11.4 Å². The van der Waals surface area contributed by atoms with Gasteiger partial charge in [-0.2, -0.15) is 4.98 Å². The Balaban J connectivity index is 1.37. The third-order valence-corrected chi connectivity index (χ3v) is 4.86. The Bertz CT molecular complexity index is 1010. The second kappa shape index (κ2) is 8.48. The Kier molecular flexibility index (Phi) is 5.62. The van der Waals surface area contributed by atoms with Gasteiger partial charge in [0.05, 0.1) is 6.54 Å². The van der Waals surface area contributed by atoms with Gasteiger partial charge in [0.15, 0.2) is 0 Å². The van der Waals surface area contributed by atoms with Crippen LogP contribution in [-0.4, -0.2) is 52.0 Å². The van der Waals surface area contributed by atoms with E-state index in [-0.39, 0.29) is 11.7 Å². The first-order valence-electron chi connectivity index (χ1n) is 9.44. The zero-order valence-electron chi connectivity index (χ0n) is 15.7. The van der Waals surface area contributed by atoms with E-state index in [1.807, 2.05) is 0 Å². The lowest BCUT2D eigenvalue weighted by Crippen LogP contribution is -2.35. The van der Waals surface area contributed by atoms with Crippen LogP contribution in [0.15, 0.2) is 53.1 Å². The third kappa shape index (κ3) is 4.65. The number of hydrogen-bond acceptors (Lipinski definition) is 5. The van der Waals surface area contributed by atoms with Gasteiger partial charge in [0.25, 0.3) is 5.91 Å². The molecule has 0 radical (unpaired) electrons. The highest BCUT2D eigenvalue weighted by molar-refractivity contribution is 5.94. The van der Waals surface area contributed by atoms with Crippen LogP contribution in [0.1, 0.15) is 22.7 Å². The van der Waals surface area contributed by atoms with Crippen molar-refractivity contribution in [3.05, 3.63) is 71.6 Å². The van der Waals surface area contributed by atoms with Gasteiger partial charge in [0.2, 0.25) is 11.7 Å². The van der Waals surface area contributed by atoms with Gasteiger partial charge in [-0.05, 0) is 36.8 Å². The predicted molar refractivity (Wildman–Crippen MR) is 102 cm³/mol. The highest BCUT2D eigenvalue weighted by atomic mass is 19.1. The largest absolute Gasteiger partial charge is 0.338 e. The first kappa shape index (κ1) is 19.2. The van der Waals surface area contributed by atoms with Crippen molar-refractivity contribution < 1.29 is 18.1 Å². The number of nitrogens with zero attached hydrogens (tertiary/aromatic N) is 4. The molecular formula is C21H20F2N4O2. The summed E-state index contributed by atoms with van der Waals surface area (Å²) in [5, 5.41) is 3.93. The van der Waals surface area contributed by atoms with Gasteiger partial charge < -0.3 is 9.42 Å². The molecule has 4 rings (SSSR count). The monoisotopic (exact) mass is 398 g/mol. The molecule has 0 spiro atoms. The summed E-state index contributed by atoms with van der Waals surface area (Å²) in [4.78, 5) is 20.8. The zero-order chi connectivity index (χ0) is 20.2. The Morgan fingerprint density at radius 3 is 2.59 bits per heavy atom. The van der Waals surface area contributed by atoms with Crippen molar-refractivity contribution in [3.8, 4) is 11.4 Å². The van der Waals surface area contributed by atoms with Gasteiger partial charge in [-0.1, -0.05) is 23.4 Å². The Morgan fingerprint density at radius 1 is 1.00 bits per heavy atom. The Hall–Kier alpha value is -3.13. The number of halogens is 2. The minimum Gasteiger partial charge on any atom is -0.338 e. The smallest absolute Gasteiger partial charge is 0.254 e. The molecule has 0 saturated carbocycles. The standard InChI is InChI=1S/C21H20F2N4O2/c22-17-6-1-4-15(12-17)20-24-19(29-25-20)14-26-8-3-9-27(11-10-26)21(28)16-5-2-7-18(23)13-16/h1-2,4-7,12-13H,3,8-11,14H2. The predicted octanol–water partition coefficient (Wildman–Crippen LogP) is 3.36. The van der Waals surface area contributed by atoms with E-state index in [1.54, 1.807) is 29.2 Å². The SMILES string of the molecule is O=C(c1cccc(F)c1)N1CCCN(Cc2nc(-c3cccc(F)c3)no2)CC1.